The second-order valence-corrected chi connectivity index (χ2v) is 4.76. The van der Waals surface area contributed by atoms with Gasteiger partial charge in [0.25, 0.3) is 0 Å². The molecular formula is C14H16ClN3O. The van der Waals surface area contributed by atoms with Gasteiger partial charge in [-0.2, -0.15) is 0 Å². The number of nitrogens with one attached hydrogen (secondary N) is 2. The van der Waals surface area contributed by atoms with E-state index in [-0.39, 0.29) is 6.03 Å². The van der Waals surface area contributed by atoms with Gasteiger partial charge in [0.2, 0.25) is 0 Å². The van der Waals surface area contributed by atoms with Gasteiger partial charge in [-0.3, -0.25) is 0 Å². The van der Waals surface area contributed by atoms with Crippen LogP contribution in [0.3, 0.4) is 0 Å². The number of benzene rings is 1. The van der Waals surface area contributed by atoms with E-state index >= 15 is 0 Å². The lowest BCUT2D eigenvalue weighted by molar-refractivity contribution is 0.252. The smallest absolute Gasteiger partial charge is 0.319 e. The number of aryl methyl sites for hydroxylation is 1. The van der Waals surface area contributed by atoms with Crippen LogP contribution in [-0.2, 0) is 13.5 Å². The number of rotatable bonds is 4. The summed E-state index contributed by atoms with van der Waals surface area (Å²) in [6.45, 7) is 0.594. The Morgan fingerprint density at radius 2 is 2.21 bits per heavy atom. The number of aromatic nitrogens is 1. The van der Waals surface area contributed by atoms with Gasteiger partial charge in [-0.1, -0.05) is 17.7 Å². The van der Waals surface area contributed by atoms with Crippen molar-refractivity contribution in [2.45, 2.75) is 6.42 Å². The lowest BCUT2D eigenvalue weighted by atomic mass is 10.2. The normalized spacial score (nSPS) is 10.2. The quantitative estimate of drug-likeness (QED) is 0.886. The molecule has 0 saturated heterocycles. The van der Waals surface area contributed by atoms with Crippen LogP contribution >= 0.6 is 11.6 Å². The average molecular weight is 278 g/mol. The number of urea groups is 1. The van der Waals surface area contributed by atoms with Crippen LogP contribution in [0.4, 0.5) is 10.5 Å². The Kier molecular flexibility index (Phi) is 4.47. The molecule has 0 bridgehead atoms. The molecule has 2 N–H and O–H groups in total. The first-order chi connectivity index (χ1) is 9.13. The van der Waals surface area contributed by atoms with Crippen molar-refractivity contribution in [3.63, 3.8) is 0 Å². The van der Waals surface area contributed by atoms with E-state index in [0.29, 0.717) is 17.3 Å². The van der Waals surface area contributed by atoms with Crippen molar-refractivity contribution in [3.05, 3.63) is 53.3 Å². The number of hydrogen-bond donors (Lipinski definition) is 2. The first-order valence-corrected chi connectivity index (χ1v) is 6.42. The predicted octanol–water partition coefficient (Wildman–Crippen LogP) is 3.04. The fourth-order valence-corrected chi connectivity index (χ4v) is 1.96. The monoisotopic (exact) mass is 277 g/mol. The third-order valence-electron chi connectivity index (χ3n) is 2.67. The predicted molar refractivity (Wildman–Crippen MR) is 77.6 cm³/mol. The minimum absolute atomic E-state index is 0.224. The van der Waals surface area contributed by atoms with Crippen LogP contribution in [0.15, 0.2) is 42.7 Å². The first kappa shape index (κ1) is 13.5. The van der Waals surface area contributed by atoms with E-state index in [1.807, 2.05) is 30.1 Å². The summed E-state index contributed by atoms with van der Waals surface area (Å²) in [5.41, 5.74) is 1.88. The zero-order chi connectivity index (χ0) is 13.7. The van der Waals surface area contributed by atoms with E-state index < -0.39 is 0 Å². The Morgan fingerprint density at radius 1 is 1.37 bits per heavy atom. The Morgan fingerprint density at radius 3 is 2.89 bits per heavy atom. The lowest BCUT2D eigenvalue weighted by Crippen LogP contribution is -2.30. The van der Waals surface area contributed by atoms with Gasteiger partial charge in [-0.25, -0.2) is 4.79 Å². The van der Waals surface area contributed by atoms with Crippen molar-refractivity contribution in [2.24, 2.45) is 7.05 Å². The summed E-state index contributed by atoms with van der Waals surface area (Å²) in [5, 5.41) is 6.14. The largest absolute Gasteiger partial charge is 0.357 e. The van der Waals surface area contributed by atoms with Crippen LogP contribution in [0.5, 0.6) is 0 Å². The maximum Gasteiger partial charge on any atom is 0.319 e. The van der Waals surface area contributed by atoms with Gasteiger partial charge in [0.15, 0.2) is 0 Å². The minimum Gasteiger partial charge on any atom is -0.357 e. The molecule has 0 atom stereocenters. The molecule has 0 aliphatic heterocycles. The summed E-state index contributed by atoms with van der Waals surface area (Å²) >= 11 is 5.84. The molecule has 2 aromatic rings. The summed E-state index contributed by atoms with van der Waals surface area (Å²) in [4.78, 5) is 11.6. The molecule has 1 aromatic carbocycles. The fourth-order valence-electron chi connectivity index (χ4n) is 1.77. The number of anilines is 1. The molecule has 2 amide bonds. The summed E-state index contributed by atoms with van der Waals surface area (Å²) in [6.07, 6.45) is 4.84. The average Bonchev–Trinajstić information content (AvgIpc) is 2.75. The minimum atomic E-state index is -0.224. The standard InChI is InChI=1S/C14H16ClN3O/c1-18-8-6-11(10-18)5-7-16-14(19)17-13-4-2-3-12(15)9-13/h2-4,6,8-10H,5,7H2,1H3,(H2,16,17,19). The number of carbonyl (C=O) groups is 1. The van der Waals surface area contributed by atoms with E-state index in [1.54, 1.807) is 24.3 Å². The van der Waals surface area contributed by atoms with Gasteiger partial charge in [-0.15, -0.1) is 0 Å². The van der Waals surface area contributed by atoms with E-state index in [1.165, 1.54) is 5.56 Å². The molecule has 0 aliphatic carbocycles. The third kappa shape index (κ3) is 4.34. The van der Waals surface area contributed by atoms with Crippen molar-refractivity contribution in [1.29, 1.82) is 0 Å². The molecule has 2 rings (SSSR count). The molecule has 1 heterocycles. The maximum absolute atomic E-state index is 11.6. The molecule has 19 heavy (non-hydrogen) atoms. The van der Waals surface area contributed by atoms with Crippen LogP contribution in [0.1, 0.15) is 5.56 Å². The van der Waals surface area contributed by atoms with E-state index in [4.69, 9.17) is 11.6 Å². The molecule has 4 nitrogen and oxygen atoms in total. The Balaban J connectivity index is 1.76. The van der Waals surface area contributed by atoms with Gasteiger partial charge >= 0.3 is 6.03 Å². The summed E-state index contributed by atoms with van der Waals surface area (Å²) < 4.78 is 1.99. The van der Waals surface area contributed by atoms with E-state index in [0.717, 1.165) is 6.42 Å². The number of amides is 2. The zero-order valence-electron chi connectivity index (χ0n) is 10.7. The number of hydrogen-bond acceptors (Lipinski definition) is 1. The van der Waals surface area contributed by atoms with E-state index in [9.17, 15) is 4.79 Å². The third-order valence-corrected chi connectivity index (χ3v) is 2.91. The van der Waals surface area contributed by atoms with Crippen LogP contribution in [0.25, 0.3) is 0 Å². The van der Waals surface area contributed by atoms with Crippen molar-refractivity contribution in [2.75, 3.05) is 11.9 Å². The number of nitrogens with zero attached hydrogens (tertiary/aromatic N) is 1. The highest BCUT2D eigenvalue weighted by atomic mass is 35.5. The fraction of sp³-hybridized carbons (Fsp3) is 0.214. The molecule has 0 saturated carbocycles. The van der Waals surface area contributed by atoms with Crippen LogP contribution in [-0.4, -0.2) is 17.1 Å². The first-order valence-electron chi connectivity index (χ1n) is 6.05. The lowest BCUT2D eigenvalue weighted by Gasteiger charge is -2.07. The zero-order valence-corrected chi connectivity index (χ0v) is 11.4. The van der Waals surface area contributed by atoms with Crippen molar-refractivity contribution < 1.29 is 4.79 Å². The maximum atomic E-state index is 11.6. The molecule has 5 heteroatoms. The Hall–Kier alpha value is -1.94. The summed E-state index contributed by atoms with van der Waals surface area (Å²) in [6, 6.07) is 8.87. The SMILES string of the molecule is Cn1ccc(CCNC(=O)Nc2cccc(Cl)c2)c1. The second kappa shape index (κ2) is 6.29. The molecule has 0 aliphatic rings. The summed E-state index contributed by atoms with van der Waals surface area (Å²) in [5.74, 6) is 0. The highest BCUT2D eigenvalue weighted by Crippen LogP contribution is 2.14. The van der Waals surface area contributed by atoms with E-state index in [2.05, 4.69) is 10.6 Å². The molecule has 0 fully saturated rings. The van der Waals surface area contributed by atoms with Crippen LogP contribution < -0.4 is 10.6 Å². The van der Waals surface area contributed by atoms with Crippen LogP contribution in [0.2, 0.25) is 5.02 Å². The van der Waals surface area contributed by atoms with Gasteiger partial charge in [0, 0.05) is 36.7 Å². The van der Waals surface area contributed by atoms with Gasteiger partial charge in [0.1, 0.15) is 0 Å². The molecule has 100 valence electrons. The topological polar surface area (TPSA) is 46.1 Å². The van der Waals surface area contributed by atoms with Gasteiger partial charge in [-0.05, 0) is 36.2 Å². The number of halogens is 1. The van der Waals surface area contributed by atoms with Crippen molar-refractivity contribution in [1.82, 2.24) is 9.88 Å². The summed E-state index contributed by atoms with van der Waals surface area (Å²) in [7, 11) is 1.97. The highest BCUT2D eigenvalue weighted by Gasteiger charge is 2.02. The number of carbonyl (C=O) groups excluding carboxylic acids is 1. The molecule has 0 spiro atoms. The Bertz CT molecular complexity index is 565. The Labute approximate surface area is 117 Å². The molecule has 0 radical (unpaired) electrons. The van der Waals surface area contributed by atoms with Crippen molar-refractivity contribution >= 4 is 23.3 Å². The van der Waals surface area contributed by atoms with Gasteiger partial charge < -0.3 is 15.2 Å². The van der Waals surface area contributed by atoms with Crippen molar-refractivity contribution in [3.8, 4) is 0 Å². The molecule has 0 unspecified atom stereocenters. The molecule has 1 aromatic heterocycles. The second-order valence-electron chi connectivity index (χ2n) is 4.33. The van der Waals surface area contributed by atoms with Gasteiger partial charge in [0.05, 0.1) is 0 Å². The molecular weight excluding hydrogens is 262 g/mol. The highest BCUT2D eigenvalue weighted by molar-refractivity contribution is 6.30. The van der Waals surface area contributed by atoms with Crippen LogP contribution in [0, 0.1) is 0 Å².